The molecule has 1 N–H and O–H groups in total. The molecule has 0 aliphatic heterocycles. The SMILES string of the molecule is CNCCCN=c1ccn(Cc2cccc(Cl)c2)c2cc(Cl)ccc12. The summed E-state index contributed by atoms with van der Waals surface area (Å²) in [4.78, 5) is 4.75. The van der Waals surface area contributed by atoms with Crippen LogP contribution in [-0.4, -0.2) is 24.7 Å². The second-order valence-electron chi connectivity index (χ2n) is 5.96. The van der Waals surface area contributed by atoms with E-state index in [2.05, 4.69) is 28.2 Å². The van der Waals surface area contributed by atoms with E-state index in [1.807, 2.05) is 43.4 Å². The highest BCUT2D eigenvalue weighted by Gasteiger charge is 2.04. The van der Waals surface area contributed by atoms with Crippen LogP contribution in [0.25, 0.3) is 10.9 Å². The van der Waals surface area contributed by atoms with Gasteiger partial charge in [0.1, 0.15) is 0 Å². The average Bonchev–Trinajstić information content (AvgIpc) is 2.60. The first-order valence-electron chi connectivity index (χ1n) is 8.35. The Morgan fingerprint density at radius 2 is 1.88 bits per heavy atom. The molecule has 0 aliphatic rings. The molecule has 0 aliphatic carbocycles. The van der Waals surface area contributed by atoms with Crippen molar-refractivity contribution in [1.82, 2.24) is 9.88 Å². The zero-order valence-electron chi connectivity index (χ0n) is 14.2. The van der Waals surface area contributed by atoms with Crippen LogP contribution in [0.4, 0.5) is 0 Å². The number of benzene rings is 2. The Hall–Kier alpha value is -1.81. The predicted octanol–water partition coefficient (Wildman–Crippen LogP) is 4.51. The minimum absolute atomic E-state index is 0.722. The summed E-state index contributed by atoms with van der Waals surface area (Å²) in [6, 6.07) is 15.9. The summed E-state index contributed by atoms with van der Waals surface area (Å²) < 4.78 is 2.18. The maximum absolute atomic E-state index is 6.24. The van der Waals surface area contributed by atoms with E-state index in [0.29, 0.717) is 0 Å². The van der Waals surface area contributed by atoms with Crippen LogP contribution in [0.15, 0.2) is 59.7 Å². The van der Waals surface area contributed by atoms with Crippen LogP contribution in [0.1, 0.15) is 12.0 Å². The number of halogens is 2. The zero-order chi connectivity index (χ0) is 17.6. The first-order valence-corrected chi connectivity index (χ1v) is 9.11. The van der Waals surface area contributed by atoms with Crippen molar-refractivity contribution in [1.29, 1.82) is 0 Å². The van der Waals surface area contributed by atoms with E-state index < -0.39 is 0 Å². The summed E-state index contributed by atoms with van der Waals surface area (Å²) in [7, 11) is 1.96. The Bertz CT molecular complexity index is 932. The fraction of sp³-hybridized carbons (Fsp3) is 0.250. The summed E-state index contributed by atoms with van der Waals surface area (Å²) in [5.74, 6) is 0. The first kappa shape index (κ1) is 18.0. The second kappa shape index (κ2) is 8.52. The Morgan fingerprint density at radius 1 is 1.04 bits per heavy atom. The normalized spacial score (nSPS) is 12.0. The third-order valence-electron chi connectivity index (χ3n) is 4.07. The van der Waals surface area contributed by atoms with Gasteiger partial charge in [-0.3, -0.25) is 4.99 Å². The molecule has 0 saturated heterocycles. The largest absolute Gasteiger partial charge is 0.343 e. The van der Waals surface area contributed by atoms with Crippen molar-refractivity contribution in [3.8, 4) is 0 Å². The van der Waals surface area contributed by atoms with E-state index in [0.717, 1.165) is 57.9 Å². The third kappa shape index (κ3) is 4.63. The molecule has 0 unspecified atom stereocenters. The monoisotopic (exact) mass is 373 g/mol. The summed E-state index contributed by atoms with van der Waals surface area (Å²) in [6.07, 6.45) is 3.08. The predicted molar refractivity (Wildman–Crippen MR) is 106 cm³/mol. The number of pyridine rings is 1. The molecule has 3 nitrogen and oxygen atoms in total. The van der Waals surface area contributed by atoms with E-state index >= 15 is 0 Å². The summed E-state index contributed by atoms with van der Waals surface area (Å²) in [5, 5.41) is 6.73. The van der Waals surface area contributed by atoms with Crippen LogP contribution < -0.4 is 10.7 Å². The number of nitrogens with zero attached hydrogens (tertiary/aromatic N) is 2. The van der Waals surface area contributed by atoms with Gasteiger partial charge in [0, 0.05) is 34.7 Å². The standard InChI is InChI=1S/C20H21Cl2N3/c1-23-9-3-10-24-19-8-11-25(14-15-4-2-5-16(21)12-15)20-13-17(22)6-7-18(19)20/h2,4-8,11-13,23H,3,9-10,14H2,1H3. The average molecular weight is 374 g/mol. The lowest BCUT2D eigenvalue weighted by molar-refractivity contribution is 0.727. The number of fused-ring (bicyclic) bond motifs is 1. The highest BCUT2D eigenvalue weighted by molar-refractivity contribution is 6.31. The second-order valence-corrected chi connectivity index (χ2v) is 6.83. The van der Waals surface area contributed by atoms with Gasteiger partial charge in [-0.1, -0.05) is 35.3 Å². The van der Waals surface area contributed by atoms with Gasteiger partial charge in [0.05, 0.1) is 10.9 Å². The molecule has 25 heavy (non-hydrogen) atoms. The Kier molecular flexibility index (Phi) is 6.14. The Morgan fingerprint density at radius 3 is 2.68 bits per heavy atom. The fourth-order valence-corrected chi connectivity index (χ4v) is 3.23. The molecule has 0 spiro atoms. The molecule has 0 saturated carbocycles. The van der Waals surface area contributed by atoms with Crippen LogP contribution in [0.2, 0.25) is 10.0 Å². The van der Waals surface area contributed by atoms with Crippen molar-refractivity contribution in [3.63, 3.8) is 0 Å². The Balaban J connectivity index is 2.01. The number of hydrogen-bond donors (Lipinski definition) is 1. The van der Waals surface area contributed by atoms with E-state index in [1.54, 1.807) is 0 Å². The Labute approximate surface area is 157 Å². The van der Waals surface area contributed by atoms with Crippen molar-refractivity contribution in [3.05, 3.63) is 75.7 Å². The van der Waals surface area contributed by atoms with Crippen molar-refractivity contribution >= 4 is 34.1 Å². The van der Waals surface area contributed by atoms with Crippen LogP contribution in [0.5, 0.6) is 0 Å². The molecule has 3 aromatic rings. The van der Waals surface area contributed by atoms with Crippen molar-refractivity contribution in [2.75, 3.05) is 20.1 Å². The molecule has 0 atom stereocenters. The van der Waals surface area contributed by atoms with E-state index in [9.17, 15) is 0 Å². The van der Waals surface area contributed by atoms with Gasteiger partial charge in [-0.2, -0.15) is 0 Å². The summed E-state index contributed by atoms with van der Waals surface area (Å²) in [5.41, 5.74) is 2.22. The maximum Gasteiger partial charge on any atom is 0.0682 e. The van der Waals surface area contributed by atoms with Gasteiger partial charge in [-0.15, -0.1) is 0 Å². The molecule has 0 fully saturated rings. The zero-order valence-corrected chi connectivity index (χ0v) is 15.7. The molecule has 3 rings (SSSR count). The summed E-state index contributed by atoms with van der Waals surface area (Å²) >= 11 is 12.4. The molecule has 130 valence electrons. The number of aromatic nitrogens is 1. The van der Waals surface area contributed by atoms with E-state index in [1.165, 1.54) is 0 Å². The van der Waals surface area contributed by atoms with Crippen LogP contribution in [0.3, 0.4) is 0 Å². The van der Waals surface area contributed by atoms with E-state index in [-0.39, 0.29) is 0 Å². The van der Waals surface area contributed by atoms with Crippen molar-refractivity contribution < 1.29 is 0 Å². The first-order chi connectivity index (χ1) is 12.2. The van der Waals surface area contributed by atoms with Gasteiger partial charge in [-0.05, 0) is 62.0 Å². The van der Waals surface area contributed by atoms with Crippen LogP contribution >= 0.6 is 23.2 Å². The lowest BCUT2D eigenvalue weighted by Gasteiger charge is -2.12. The van der Waals surface area contributed by atoms with E-state index in [4.69, 9.17) is 28.2 Å². The lowest BCUT2D eigenvalue weighted by atomic mass is 10.1. The van der Waals surface area contributed by atoms with Gasteiger partial charge < -0.3 is 9.88 Å². The molecule has 0 bridgehead atoms. The molecule has 1 aromatic heterocycles. The smallest absolute Gasteiger partial charge is 0.0682 e. The number of rotatable bonds is 6. The molecule has 1 heterocycles. The van der Waals surface area contributed by atoms with Gasteiger partial charge >= 0.3 is 0 Å². The van der Waals surface area contributed by atoms with Crippen molar-refractivity contribution in [2.45, 2.75) is 13.0 Å². The highest BCUT2D eigenvalue weighted by Crippen LogP contribution is 2.19. The molecule has 2 aromatic carbocycles. The molecule has 0 radical (unpaired) electrons. The molecular weight excluding hydrogens is 353 g/mol. The minimum atomic E-state index is 0.722. The minimum Gasteiger partial charge on any atom is -0.343 e. The van der Waals surface area contributed by atoms with Crippen LogP contribution in [-0.2, 0) is 6.54 Å². The molecular formula is C20H21Cl2N3. The van der Waals surface area contributed by atoms with Gasteiger partial charge in [0.25, 0.3) is 0 Å². The fourth-order valence-electron chi connectivity index (χ4n) is 2.85. The van der Waals surface area contributed by atoms with Crippen molar-refractivity contribution in [2.24, 2.45) is 4.99 Å². The highest BCUT2D eigenvalue weighted by atomic mass is 35.5. The maximum atomic E-state index is 6.24. The number of nitrogens with one attached hydrogen (secondary N) is 1. The number of hydrogen-bond acceptors (Lipinski definition) is 2. The summed E-state index contributed by atoms with van der Waals surface area (Å²) in [6.45, 7) is 2.50. The topological polar surface area (TPSA) is 29.3 Å². The molecule has 5 heteroatoms. The quantitative estimate of drug-likeness (QED) is 0.632. The van der Waals surface area contributed by atoms with Gasteiger partial charge in [-0.25, -0.2) is 0 Å². The third-order valence-corrected chi connectivity index (χ3v) is 4.54. The lowest BCUT2D eigenvalue weighted by Crippen LogP contribution is -2.13. The van der Waals surface area contributed by atoms with Gasteiger partial charge in [0.2, 0.25) is 0 Å². The van der Waals surface area contributed by atoms with Crippen LogP contribution in [0, 0.1) is 0 Å². The molecule has 0 amide bonds. The van der Waals surface area contributed by atoms with Gasteiger partial charge in [0.15, 0.2) is 0 Å².